The molecular weight excluding hydrogens is 260 g/mol. The molecule has 0 bridgehead atoms. The second-order valence-corrected chi connectivity index (χ2v) is 12.5. The van der Waals surface area contributed by atoms with Gasteiger partial charge in [-0.2, -0.15) is 0 Å². The van der Waals surface area contributed by atoms with Gasteiger partial charge in [0.25, 0.3) is 0 Å². The monoisotopic (exact) mass is 284 g/mol. The summed E-state index contributed by atoms with van der Waals surface area (Å²) in [7, 11) is -1.22. The van der Waals surface area contributed by atoms with Crippen LogP contribution in [-0.4, -0.2) is 19.2 Å². The molecule has 2 aromatic rings. The molecule has 2 heterocycles. The number of nitrogens with one attached hydrogen (secondary N) is 1. The molecule has 2 aliphatic rings. The van der Waals surface area contributed by atoms with E-state index in [0.717, 1.165) is 13.1 Å². The second-order valence-electron chi connectivity index (χ2n) is 7.40. The van der Waals surface area contributed by atoms with E-state index in [1.165, 1.54) is 24.8 Å². The minimum atomic E-state index is -1.22. The van der Waals surface area contributed by atoms with Crippen molar-refractivity contribution in [3.05, 3.63) is 29.5 Å². The first kappa shape index (κ1) is 12.7. The van der Waals surface area contributed by atoms with E-state index in [2.05, 4.69) is 47.7 Å². The molecule has 0 unspecified atom stereocenters. The predicted molar refractivity (Wildman–Crippen MR) is 88.6 cm³/mol. The number of hydrogen-bond acceptors (Lipinski definition) is 1. The summed E-state index contributed by atoms with van der Waals surface area (Å²) in [6.07, 6.45) is 3.91. The van der Waals surface area contributed by atoms with Crippen LogP contribution in [0.4, 0.5) is 0 Å². The van der Waals surface area contributed by atoms with Gasteiger partial charge >= 0.3 is 0 Å². The van der Waals surface area contributed by atoms with Crippen LogP contribution in [-0.2, 0) is 13.0 Å². The molecule has 1 aromatic heterocycles. The van der Waals surface area contributed by atoms with Gasteiger partial charge in [0.15, 0.2) is 0 Å². The molecule has 2 nitrogen and oxygen atoms in total. The summed E-state index contributed by atoms with van der Waals surface area (Å²) in [6.45, 7) is 9.59. The summed E-state index contributed by atoms with van der Waals surface area (Å²) >= 11 is 0. The standard InChI is InChI=1S/C17H24N2Si/c1-20(2,3)12-7-8-16-14(11-12)13-5-4-6-15-17(13)19(16)10-9-18-15/h7-8,11,15,18H,4-6,9-10H2,1-3H3/t15-/m1/s1. The molecule has 0 spiro atoms. The van der Waals surface area contributed by atoms with E-state index in [0.29, 0.717) is 6.04 Å². The van der Waals surface area contributed by atoms with Crippen LogP contribution in [0.15, 0.2) is 18.2 Å². The third kappa shape index (κ3) is 1.73. The van der Waals surface area contributed by atoms with Crippen LogP contribution in [0, 0.1) is 0 Å². The Morgan fingerprint density at radius 3 is 2.90 bits per heavy atom. The van der Waals surface area contributed by atoms with Gasteiger partial charge in [0, 0.05) is 35.7 Å². The minimum Gasteiger partial charge on any atom is -0.342 e. The van der Waals surface area contributed by atoms with Crippen molar-refractivity contribution in [2.75, 3.05) is 6.54 Å². The third-order valence-corrected chi connectivity index (χ3v) is 7.10. The number of aryl methyl sites for hydroxylation is 1. The average molecular weight is 284 g/mol. The van der Waals surface area contributed by atoms with E-state index in [-0.39, 0.29) is 0 Å². The second kappa shape index (κ2) is 4.22. The van der Waals surface area contributed by atoms with Crippen molar-refractivity contribution in [3.8, 4) is 0 Å². The molecule has 1 aliphatic heterocycles. The lowest BCUT2D eigenvalue weighted by molar-refractivity contribution is 0.384. The van der Waals surface area contributed by atoms with E-state index < -0.39 is 8.07 Å². The first-order chi connectivity index (χ1) is 9.55. The number of nitrogens with zero attached hydrogens (tertiary/aromatic N) is 1. The maximum atomic E-state index is 3.71. The largest absolute Gasteiger partial charge is 0.342 e. The lowest BCUT2D eigenvalue weighted by atomic mass is 9.91. The normalized spacial score (nSPS) is 22.1. The van der Waals surface area contributed by atoms with E-state index in [1.807, 2.05) is 0 Å². The first-order valence-corrected chi connectivity index (χ1v) is 11.4. The molecule has 1 aromatic carbocycles. The van der Waals surface area contributed by atoms with E-state index in [4.69, 9.17) is 0 Å². The van der Waals surface area contributed by atoms with Crippen LogP contribution >= 0.6 is 0 Å². The van der Waals surface area contributed by atoms with Gasteiger partial charge in [0.1, 0.15) is 0 Å². The highest BCUT2D eigenvalue weighted by atomic mass is 28.3. The summed E-state index contributed by atoms with van der Waals surface area (Å²) in [6, 6.07) is 7.91. The molecule has 0 fully saturated rings. The fourth-order valence-corrected chi connectivity index (χ4v) is 5.14. The number of rotatable bonds is 1. The fraction of sp³-hybridized carbons (Fsp3) is 0.529. The summed E-state index contributed by atoms with van der Waals surface area (Å²) in [5.41, 5.74) is 4.72. The topological polar surface area (TPSA) is 17.0 Å². The van der Waals surface area contributed by atoms with Crippen molar-refractivity contribution >= 4 is 24.2 Å². The zero-order valence-corrected chi connectivity index (χ0v) is 13.8. The van der Waals surface area contributed by atoms with Crippen LogP contribution in [0.3, 0.4) is 0 Å². The molecule has 1 N–H and O–H groups in total. The smallest absolute Gasteiger partial charge is 0.0776 e. The van der Waals surface area contributed by atoms with Gasteiger partial charge < -0.3 is 9.88 Å². The average Bonchev–Trinajstić information content (AvgIpc) is 2.75. The number of benzene rings is 1. The first-order valence-electron chi connectivity index (χ1n) is 7.94. The van der Waals surface area contributed by atoms with Gasteiger partial charge in [-0.15, -0.1) is 0 Å². The van der Waals surface area contributed by atoms with Gasteiger partial charge in [-0.1, -0.05) is 37.0 Å². The molecule has 1 atom stereocenters. The van der Waals surface area contributed by atoms with Crippen molar-refractivity contribution in [2.24, 2.45) is 0 Å². The van der Waals surface area contributed by atoms with Crippen LogP contribution in [0.1, 0.15) is 30.1 Å². The summed E-state index contributed by atoms with van der Waals surface area (Å²) in [5.74, 6) is 0. The summed E-state index contributed by atoms with van der Waals surface area (Å²) in [5, 5.41) is 6.86. The highest BCUT2D eigenvalue weighted by Gasteiger charge is 2.30. The molecule has 20 heavy (non-hydrogen) atoms. The Hall–Kier alpha value is -1.06. The predicted octanol–water partition coefficient (Wildman–Crippen LogP) is 3.17. The summed E-state index contributed by atoms with van der Waals surface area (Å²) < 4.78 is 2.60. The molecule has 0 radical (unpaired) electrons. The van der Waals surface area contributed by atoms with Gasteiger partial charge in [0.2, 0.25) is 0 Å². The quantitative estimate of drug-likeness (QED) is 0.796. The Bertz CT molecular complexity index is 676. The van der Waals surface area contributed by atoms with E-state index >= 15 is 0 Å². The van der Waals surface area contributed by atoms with Gasteiger partial charge in [-0.25, -0.2) is 0 Å². The maximum Gasteiger partial charge on any atom is 0.0776 e. The highest BCUT2D eigenvalue weighted by molar-refractivity contribution is 6.88. The van der Waals surface area contributed by atoms with E-state index in [1.54, 1.807) is 21.8 Å². The number of aromatic nitrogens is 1. The van der Waals surface area contributed by atoms with Crippen molar-refractivity contribution in [2.45, 2.75) is 51.5 Å². The van der Waals surface area contributed by atoms with Crippen molar-refractivity contribution in [3.63, 3.8) is 0 Å². The number of fused-ring (bicyclic) bond motifs is 3. The SMILES string of the molecule is C[Si](C)(C)c1ccc2c(c1)c1c3n2CCN[C@@H]3CCC1. The van der Waals surface area contributed by atoms with Gasteiger partial charge in [-0.05, 0) is 30.9 Å². The summed E-state index contributed by atoms with van der Waals surface area (Å²) in [4.78, 5) is 0. The van der Waals surface area contributed by atoms with Crippen molar-refractivity contribution in [1.82, 2.24) is 9.88 Å². The molecule has 106 valence electrons. The lowest BCUT2D eigenvalue weighted by Gasteiger charge is -2.31. The van der Waals surface area contributed by atoms with Crippen LogP contribution < -0.4 is 10.5 Å². The maximum absolute atomic E-state index is 3.71. The van der Waals surface area contributed by atoms with Crippen molar-refractivity contribution in [1.29, 1.82) is 0 Å². The van der Waals surface area contributed by atoms with E-state index in [9.17, 15) is 0 Å². The molecule has 0 saturated carbocycles. The Kier molecular flexibility index (Phi) is 2.67. The number of hydrogen-bond donors (Lipinski definition) is 1. The molecule has 1 aliphatic carbocycles. The third-order valence-electron chi connectivity index (χ3n) is 5.05. The Balaban J connectivity index is 2.01. The Morgan fingerprint density at radius 1 is 1.25 bits per heavy atom. The Morgan fingerprint density at radius 2 is 2.10 bits per heavy atom. The lowest BCUT2D eigenvalue weighted by Crippen LogP contribution is -2.37. The molecule has 0 saturated heterocycles. The van der Waals surface area contributed by atoms with Gasteiger partial charge in [0.05, 0.1) is 8.07 Å². The van der Waals surface area contributed by atoms with Crippen molar-refractivity contribution < 1.29 is 0 Å². The zero-order chi connectivity index (χ0) is 13.9. The molecular formula is C17H24N2Si. The van der Waals surface area contributed by atoms with Crippen LogP contribution in [0.25, 0.3) is 10.9 Å². The molecule has 0 amide bonds. The molecule has 3 heteroatoms. The van der Waals surface area contributed by atoms with Crippen LogP contribution in [0.2, 0.25) is 19.6 Å². The molecule has 4 rings (SSSR count). The highest BCUT2D eigenvalue weighted by Crippen LogP contribution is 2.38. The fourth-order valence-electron chi connectivity index (χ4n) is 3.98. The minimum absolute atomic E-state index is 0.607. The Labute approximate surface area is 122 Å². The van der Waals surface area contributed by atoms with Gasteiger partial charge in [-0.3, -0.25) is 0 Å². The zero-order valence-electron chi connectivity index (χ0n) is 12.8. The van der Waals surface area contributed by atoms with Crippen LogP contribution in [0.5, 0.6) is 0 Å².